The molecule has 6 heteroatoms. The van der Waals surface area contributed by atoms with Crippen molar-refractivity contribution in [2.24, 2.45) is 0 Å². The third-order valence-electron chi connectivity index (χ3n) is 3.97. The minimum atomic E-state index is -0.165. The summed E-state index contributed by atoms with van der Waals surface area (Å²) in [5, 5.41) is 16.9. The number of para-hydroxylation sites is 2. The zero-order valence-corrected chi connectivity index (χ0v) is 12.8. The number of aliphatic hydroxyl groups excluding tert-OH is 1. The fourth-order valence-electron chi connectivity index (χ4n) is 2.68. The van der Waals surface area contributed by atoms with E-state index >= 15 is 0 Å². The van der Waals surface area contributed by atoms with Gasteiger partial charge in [-0.2, -0.15) is 4.98 Å². The summed E-state index contributed by atoms with van der Waals surface area (Å²) in [6.07, 6.45) is 2.24. The maximum Gasteiger partial charge on any atom is 0.245 e. The van der Waals surface area contributed by atoms with Crippen molar-refractivity contribution in [1.82, 2.24) is 10.1 Å². The van der Waals surface area contributed by atoms with Crippen LogP contribution in [-0.4, -0.2) is 34.4 Å². The van der Waals surface area contributed by atoms with Crippen molar-refractivity contribution < 1.29 is 9.63 Å². The number of piperidine rings is 1. The van der Waals surface area contributed by atoms with Crippen LogP contribution in [0.3, 0.4) is 0 Å². The standard InChI is InChI=1S/C16H22N4O2/c1-2-15-18-16(22-19-15)11-17-13-5-3-4-6-14(13)20-9-7-12(21)8-10-20/h3-6,12,17,21H,2,7-11H2,1H3. The fraction of sp³-hybridized carbons (Fsp3) is 0.500. The van der Waals surface area contributed by atoms with Crippen LogP contribution in [0.2, 0.25) is 0 Å². The second-order valence-corrected chi connectivity index (χ2v) is 5.55. The molecular weight excluding hydrogens is 280 g/mol. The van der Waals surface area contributed by atoms with Crippen LogP contribution in [-0.2, 0) is 13.0 Å². The van der Waals surface area contributed by atoms with Crippen molar-refractivity contribution in [2.45, 2.75) is 38.8 Å². The first-order chi connectivity index (χ1) is 10.8. The highest BCUT2D eigenvalue weighted by Gasteiger charge is 2.19. The lowest BCUT2D eigenvalue weighted by atomic mass is 10.1. The molecule has 0 bridgehead atoms. The molecule has 1 aromatic carbocycles. The SMILES string of the molecule is CCc1noc(CNc2ccccc2N2CCC(O)CC2)n1. The van der Waals surface area contributed by atoms with Crippen LogP contribution in [0.5, 0.6) is 0 Å². The number of aromatic nitrogens is 2. The highest BCUT2D eigenvalue weighted by molar-refractivity contribution is 5.70. The van der Waals surface area contributed by atoms with E-state index in [4.69, 9.17) is 4.52 Å². The molecule has 0 saturated carbocycles. The van der Waals surface area contributed by atoms with Crippen LogP contribution in [0.25, 0.3) is 0 Å². The van der Waals surface area contributed by atoms with Crippen molar-refractivity contribution in [2.75, 3.05) is 23.3 Å². The molecule has 22 heavy (non-hydrogen) atoms. The largest absolute Gasteiger partial charge is 0.393 e. The molecular formula is C16H22N4O2. The number of anilines is 2. The summed E-state index contributed by atoms with van der Waals surface area (Å²) in [6.45, 7) is 4.27. The van der Waals surface area contributed by atoms with Crippen LogP contribution in [0.4, 0.5) is 11.4 Å². The second-order valence-electron chi connectivity index (χ2n) is 5.55. The van der Waals surface area contributed by atoms with Gasteiger partial charge in [0.05, 0.1) is 24.0 Å². The van der Waals surface area contributed by atoms with Gasteiger partial charge < -0.3 is 19.8 Å². The van der Waals surface area contributed by atoms with E-state index in [-0.39, 0.29) is 6.10 Å². The maximum atomic E-state index is 9.65. The normalized spacial score (nSPS) is 16.0. The van der Waals surface area contributed by atoms with Gasteiger partial charge in [-0.3, -0.25) is 0 Å². The molecule has 0 unspecified atom stereocenters. The Bertz CT molecular complexity index is 606. The molecule has 6 nitrogen and oxygen atoms in total. The molecule has 118 valence electrons. The van der Waals surface area contributed by atoms with Crippen LogP contribution in [0, 0.1) is 0 Å². The van der Waals surface area contributed by atoms with Crippen molar-refractivity contribution in [3.8, 4) is 0 Å². The first-order valence-electron chi connectivity index (χ1n) is 7.83. The van der Waals surface area contributed by atoms with E-state index in [1.807, 2.05) is 19.1 Å². The van der Waals surface area contributed by atoms with Gasteiger partial charge in [-0.25, -0.2) is 0 Å². The average Bonchev–Trinajstić information content (AvgIpc) is 3.02. The van der Waals surface area contributed by atoms with Crippen LogP contribution < -0.4 is 10.2 Å². The highest BCUT2D eigenvalue weighted by Crippen LogP contribution is 2.28. The molecule has 0 amide bonds. The highest BCUT2D eigenvalue weighted by atomic mass is 16.5. The summed E-state index contributed by atoms with van der Waals surface area (Å²) in [4.78, 5) is 6.61. The molecule has 2 heterocycles. The number of aryl methyl sites for hydroxylation is 1. The number of hydrogen-bond donors (Lipinski definition) is 2. The van der Waals surface area contributed by atoms with Crippen LogP contribution in [0.1, 0.15) is 31.5 Å². The summed E-state index contributed by atoms with van der Waals surface area (Å²) in [5.41, 5.74) is 2.21. The van der Waals surface area contributed by atoms with E-state index < -0.39 is 0 Å². The van der Waals surface area contributed by atoms with E-state index in [1.165, 1.54) is 0 Å². The summed E-state index contributed by atoms with van der Waals surface area (Å²) in [7, 11) is 0. The van der Waals surface area contributed by atoms with E-state index in [0.29, 0.717) is 12.4 Å². The van der Waals surface area contributed by atoms with Crippen LogP contribution in [0.15, 0.2) is 28.8 Å². The Morgan fingerprint density at radius 1 is 1.32 bits per heavy atom. The molecule has 1 aromatic heterocycles. The molecule has 2 aromatic rings. The third-order valence-corrected chi connectivity index (χ3v) is 3.97. The van der Waals surface area contributed by atoms with Gasteiger partial charge in [0.25, 0.3) is 0 Å². The number of rotatable bonds is 5. The Hall–Kier alpha value is -2.08. The van der Waals surface area contributed by atoms with Crippen molar-refractivity contribution in [3.63, 3.8) is 0 Å². The van der Waals surface area contributed by atoms with E-state index in [1.54, 1.807) is 0 Å². The molecule has 0 spiro atoms. The number of nitrogens with one attached hydrogen (secondary N) is 1. The first kappa shape index (κ1) is 14.8. The third kappa shape index (κ3) is 3.39. The van der Waals surface area contributed by atoms with Gasteiger partial charge in [0, 0.05) is 19.5 Å². The first-order valence-corrected chi connectivity index (χ1v) is 7.83. The van der Waals surface area contributed by atoms with E-state index in [2.05, 4.69) is 32.5 Å². The quantitative estimate of drug-likeness (QED) is 0.882. The van der Waals surface area contributed by atoms with Crippen molar-refractivity contribution in [1.29, 1.82) is 0 Å². The van der Waals surface area contributed by atoms with Crippen molar-refractivity contribution >= 4 is 11.4 Å². The second kappa shape index (κ2) is 6.79. The van der Waals surface area contributed by atoms with Gasteiger partial charge in [-0.1, -0.05) is 24.2 Å². The monoisotopic (exact) mass is 302 g/mol. The zero-order chi connectivity index (χ0) is 15.4. The molecule has 3 rings (SSSR count). The molecule has 0 radical (unpaired) electrons. The lowest BCUT2D eigenvalue weighted by Crippen LogP contribution is -2.36. The van der Waals surface area contributed by atoms with Crippen LogP contribution >= 0.6 is 0 Å². The minimum absolute atomic E-state index is 0.165. The molecule has 1 aliphatic rings. The molecule has 0 atom stereocenters. The lowest BCUT2D eigenvalue weighted by Gasteiger charge is -2.32. The topological polar surface area (TPSA) is 74.4 Å². The Morgan fingerprint density at radius 2 is 2.09 bits per heavy atom. The average molecular weight is 302 g/mol. The Morgan fingerprint density at radius 3 is 2.82 bits per heavy atom. The Balaban J connectivity index is 1.68. The number of aliphatic hydroxyl groups is 1. The molecule has 1 fully saturated rings. The minimum Gasteiger partial charge on any atom is -0.393 e. The summed E-state index contributed by atoms with van der Waals surface area (Å²) >= 11 is 0. The molecule has 1 saturated heterocycles. The molecule has 0 aliphatic carbocycles. The van der Waals surface area contributed by atoms with Crippen molar-refractivity contribution in [3.05, 3.63) is 36.0 Å². The Kier molecular flexibility index (Phi) is 4.58. The van der Waals surface area contributed by atoms with E-state index in [9.17, 15) is 5.11 Å². The lowest BCUT2D eigenvalue weighted by molar-refractivity contribution is 0.145. The zero-order valence-electron chi connectivity index (χ0n) is 12.8. The Labute approximate surface area is 130 Å². The summed E-state index contributed by atoms with van der Waals surface area (Å²) in [5.74, 6) is 1.33. The number of benzene rings is 1. The number of hydrogen-bond acceptors (Lipinski definition) is 6. The fourth-order valence-corrected chi connectivity index (χ4v) is 2.68. The van der Waals surface area contributed by atoms with Gasteiger partial charge in [0.1, 0.15) is 0 Å². The van der Waals surface area contributed by atoms with Gasteiger partial charge in [-0.15, -0.1) is 0 Å². The van der Waals surface area contributed by atoms with Gasteiger partial charge in [0.15, 0.2) is 5.82 Å². The predicted octanol–water partition coefficient (Wildman–Crippen LogP) is 2.21. The molecule has 2 N–H and O–H groups in total. The van der Waals surface area contributed by atoms with Gasteiger partial charge >= 0.3 is 0 Å². The molecule has 1 aliphatic heterocycles. The predicted molar refractivity (Wildman–Crippen MR) is 84.9 cm³/mol. The summed E-state index contributed by atoms with van der Waals surface area (Å²) < 4.78 is 5.21. The maximum absolute atomic E-state index is 9.65. The summed E-state index contributed by atoms with van der Waals surface area (Å²) in [6, 6.07) is 8.20. The van der Waals surface area contributed by atoms with Gasteiger partial charge in [-0.05, 0) is 25.0 Å². The number of nitrogens with zero attached hydrogens (tertiary/aromatic N) is 3. The van der Waals surface area contributed by atoms with E-state index in [0.717, 1.165) is 49.6 Å². The smallest absolute Gasteiger partial charge is 0.245 e. The van der Waals surface area contributed by atoms with Gasteiger partial charge in [0.2, 0.25) is 5.89 Å².